The Morgan fingerprint density at radius 2 is 1.76 bits per heavy atom. The fourth-order valence-corrected chi connectivity index (χ4v) is 2.43. The summed E-state index contributed by atoms with van der Waals surface area (Å²) in [7, 11) is 3.59. The monoisotopic (exact) mass is 468 g/mol. The Hall–Kier alpha value is -4.81. The number of nitrogens with one attached hydrogen (secondary N) is 2. The number of phenolic OH excluding ortho intramolecular Hbond substituents is 1. The molecular formula is C21H24N8O5. The van der Waals surface area contributed by atoms with Crippen molar-refractivity contribution in [1.82, 2.24) is 15.0 Å². The second-order valence-electron chi connectivity index (χ2n) is 6.88. The summed E-state index contributed by atoms with van der Waals surface area (Å²) in [5.74, 6) is -0.363. The number of anilines is 3. The average molecular weight is 468 g/mol. The van der Waals surface area contributed by atoms with Crippen molar-refractivity contribution in [3.05, 3.63) is 69.8 Å². The third-order valence-corrected chi connectivity index (χ3v) is 3.93. The lowest BCUT2D eigenvalue weighted by molar-refractivity contribution is -0.385. The molecular weight excluding hydrogens is 444 g/mol. The lowest BCUT2D eigenvalue weighted by atomic mass is 10.2. The second kappa shape index (κ2) is 12.3. The highest BCUT2D eigenvalue weighted by atomic mass is 16.6. The highest BCUT2D eigenvalue weighted by Gasteiger charge is 2.15. The van der Waals surface area contributed by atoms with E-state index in [0.717, 1.165) is 12.5 Å². The number of para-hydroxylation sites is 1. The van der Waals surface area contributed by atoms with Crippen molar-refractivity contribution >= 4 is 35.7 Å². The topological polar surface area (TPSA) is 179 Å². The molecule has 34 heavy (non-hydrogen) atoms. The van der Waals surface area contributed by atoms with E-state index in [9.17, 15) is 15.2 Å². The zero-order chi connectivity index (χ0) is 25.1. The van der Waals surface area contributed by atoms with Crippen molar-refractivity contribution in [3.8, 4) is 5.75 Å². The van der Waals surface area contributed by atoms with E-state index in [0.29, 0.717) is 18.4 Å². The van der Waals surface area contributed by atoms with Gasteiger partial charge in [-0.15, -0.1) is 0 Å². The summed E-state index contributed by atoms with van der Waals surface area (Å²) < 4.78 is 0. The molecule has 13 heteroatoms. The van der Waals surface area contributed by atoms with Gasteiger partial charge in [0.25, 0.3) is 5.97 Å². The average Bonchev–Trinajstić information content (AvgIpc) is 2.79. The number of hydrazone groups is 1. The number of carbonyl (C=O) groups is 1. The van der Waals surface area contributed by atoms with Crippen LogP contribution in [0.4, 0.5) is 23.5 Å². The number of nitro groups is 1. The summed E-state index contributed by atoms with van der Waals surface area (Å²) in [6.45, 7) is 1.61. The summed E-state index contributed by atoms with van der Waals surface area (Å²) in [5, 5.41) is 35.4. The van der Waals surface area contributed by atoms with Crippen LogP contribution in [0.5, 0.6) is 5.75 Å². The minimum atomic E-state index is -0.833. The van der Waals surface area contributed by atoms with Crippen molar-refractivity contribution in [2.24, 2.45) is 5.10 Å². The number of rotatable bonds is 8. The van der Waals surface area contributed by atoms with Crippen LogP contribution in [0.3, 0.4) is 0 Å². The lowest BCUT2D eigenvalue weighted by Gasteiger charge is -2.13. The first-order chi connectivity index (χ1) is 16.2. The van der Waals surface area contributed by atoms with Crippen LogP contribution < -0.4 is 15.6 Å². The van der Waals surface area contributed by atoms with E-state index >= 15 is 0 Å². The number of aromatic hydroxyl groups is 1. The fourth-order valence-electron chi connectivity index (χ4n) is 2.43. The predicted octanol–water partition coefficient (Wildman–Crippen LogP) is 2.70. The summed E-state index contributed by atoms with van der Waals surface area (Å²) in [6, 6.07) is 14.0. The molecule has 0 amide bonds. The van der Waals surface area contributed by atoms with E-state index in [1.807, 2.05) is 30.3 Å². The minimum Gasteiger partial charge on any atom is -0.502 e. The SMILES string of the molecule is CC(=O)O.CN(C)c1nc(NCc2ccccc2)nc(N/N=C/c2cccc([N+](=O)[O-])c2O)n1. The van der Waals surface area contributed by atoms with Crippen LogP contribution in [0, 0.1) is 10.1 Å². The van der Waals surface area contributed by atoms with Gasteiger partial charge in [-0.05, 0) is 11.6 Å². The molecule has 178 valence electrons. The fraction of sp³-hybridized carbons (Fsp3) is 0.190. The predicted molar refractivity (Wildman–Crippen MR) is 127 cm³/mol. The molecule has 3 aromatic rings. The number of nitrogens with zero attached hydrogens (tertiary/aromatic N) is 6. The molecule has 0 bridgehead atoms. The number of benzene rings is 2. The standard InChI is InChI=1S/C19H20N8O3.C2H4O2/c1-26(2)19-23-17(20-11-13-7-4-3-5-8-13)22-18(24-19)25-21-12-14-9-6-10-15(16(14)28)27(29)30;1-2(3)4/h3-10,12,28H,11H2,1-2H3,(H2,20,22,23,24,25);1H3,(H,3,4)/b21-12+;. The number of phenols is 1. The van der Waals surface area contributed by atoms with Gasteiger partial charge < -0.3 is 20.4 Å². The number of hydrogen-bond donors (Lipinski definition) is 4. The second-order valence-corrected chi connectivity index (χ2v) is 6.88. The largest absolute Gasteiger partial charge is 0.502 e. The highest BCUT2D eigenvalue weighted by Crippen LogP contribution is 2.28. The van der Waals surface area contributed by atoms with Crippen LogP contribution in [0.15, 0.2) is 53.6 Å². The van der Waals surface area contributed by atoms with Gasteiger partial charge in [0.2, 0.25) is 23.6 Å². The van der Waals surface area contributed by atoms with Crippen molar-refractivity contribution in [3.63, 3.8) is 0 Å². The Morgan fingerprint density at radius 1 is 1.12 bits per heavy atom. The Bertz CT molecular complexity index is 1150. The van der Waals surface area contributed by atoms with E-state index in [1.165, 1.54) is 24.4 Å². The van der Waals surface area contributed by atoms with Crippen molar-refractivity contribution in [1.29, 1.82) is 0 Å². The number of carboxylic acid groups (broad SMARTS) is 1. The quantitative estimate of drug-likeness (QED) is 0.217. The molecule has 0 radical (unpaired) electrons. The summed E-state index contributed by atoms with van der Waals surface area (Å²) in [4.78, 5) is 33.8. The zero-order valence-electron chi connectivity index (χ0n) is 18.7. The lowest BCUT2D eigenvalue weighted by Crippen LogP contribution is -2.16. The van der Waals surface area contributed by atoms with Gasteiger partial charge >= 0.3 is 5.69 Å². The molecule has 0 saturated carbocycles. The maximum absolute atomic E-state index is 10.9. The Balaban J connectivity index is 0.000000945. The maximum Gasteiger partial charge on any atom is 0.311 e. The molecule has 0 saturated heterocycles. The zero-order valence-corrected chi connectivity index (χ0v) is 18.7. The third kappa shape index (κ3) is 8.03. The first kappa shape index (κ1) is 25.5. The van der Waals surface area contributed by atoms with Gasteiger partial charge in [-0.25, -0.2) is 5.43 Å². The molecule has 0 fully saturated rings. The molecule has 0 aliphatic rings. The van der Waals surface area contributed by atoms with Gasteiger partial charge in [0, 0.05) is 39.2 Å². The van der Waals surface area contributed by atoms with Crippen LogP contribution in [-0.4, -0.2) is 56.4 Å². The molecule has 3 rings (SSSR count). The molecule has 4 N–H and O–H groups in total. The number of nitro benzene ring substituents is 1. The first-order valence-corrected chi connectivity index (χ1v) is 9.83. The smallest absolute Gasteiger partial charge is 0.311 e. The number of aliphatic carboxylic acids is 1. The van der Waals surface area contributed by atoms with Gasteiger partial charge in [-0.3, -0.25) is 14.9 Å². The van der Waals surface area contributed by atoms with E-state index < -0.39 is 22.3 Å². The van der Waals surface area contributed by atoms with Crippen LogP contribution in [0.2, 0.25) is 0 Å². The van der Waals surface area contributed by atoms with Crippen molar-refractivity contribution in [2.45, 2.75) is 13.5 Å². The number of aromatic nitrogens is 3. The third-order valence-electron chi connectivity index (χ3n) is 3.93. The van der Waals surface area contributed by atoms with E-state index in [2.05, 4.69) is 30.8 Å². The van der Waals surface area contributed by atoms with E-state index in [1.54, 1.807) is 19.0 Å². The Kier molecular flexibility index (Phi) is 9.19. The molecule has 0 aliphatic heterocycles. The van der Waals surface area contributed by atoms with Gasteiger partial charge in [0.1, 0.15) is 0 Å². The summed E-state index contributed by atoms with van der Waals surface area (Å²) >= 11 is 0. The molecule has 1 aromatic heterocycles. The first-order valence-electron chi connectivity index (χ1n) is 9.83. The van der Waals surface area contributed by atoms with E-state index in [-0.39, 0.29) is 11.5 Å². The summed E-state index contributed by atoms with van der Waals surface area (Å²) in [6.07, 6.45) is 1.25. The molecule has 0 atom stereocenters. The molecule has 1 heterocycles. The van der Waals surface area contributed by atoms with Crippen LogP contribution in [0.25, 0.3) is 0 Å². The Morgan fingerprint density at radius 3 is 2.38 bits per heavy atom. The van der Waals surface area contributed by atoms with E-state index in [4.69, 9.17) is 9.90 Å². The van der Waals surface area contributed by atoms with Gasteiger partial charge in [-0.1, -0.05) is 36.4 Å². The molecule has 0 spiro atoms. The Labute approximate surface area is 195 Å². The molecule has 13 nitrogen and oxygen atoms in total. The maximum atomic E-state index is 10.9. The summed E-state index contributed by atoms with van der Waals surface area (Å²) in [5.41, 5.74) is 3.51. The van der Waals surface area contributed by atoms with Crippen molar-refractivity contribution in [2.75, 3.05) is 29.7 Å². The van der Waals surface area contributed by atoms with Crippen LogP contribution in [0.1, 0.15) is 18.1 Å². The normalized spacial score (nSPS) is 10.2. The van der Waals surface area contributed by atoms with Crippen molar-refractivity contribution < 1.29 is 19.9 Å². The molecule has 0 aliphatic carbocycles. The molecule has 2 aromatic carbocycles. The van der Waals surface area contributed by atoms with Crippen LogP contribution in [-0.2, 0) is 11.3 Å². The minimum absolute atomic E-state index is 0.172. The number of hydrogen-bond acceptors (Lipinski definition) is 11. The van der Waals surface area contributed by atoms with Gasteiger partial charge in [0.15, 0.2) is 0 Å². The number of carboxylic acids is 1. The highest BCUT2D eigenvalue weighted by molar-refractivity contribution is 5.85. The van der Waals surface area contributed by atoms with Crippen LogP contribution >= 0.6 is 0 Å². The van der Waals surface area contributed by atoms with Gasteiger partial charge in [0.05, 0.1) is 11.1 Å². The molecule has 0 unspecified atom stereocenters. The van der Waals surface area contributed by atoms with Gasteiger partial charge in [-0.2, -0.15) is 20.1 Å².